The van der Waals surface area contributed by atoms with Crippen molar-refractivity contribution in [2.45, 2.75) is 13.3 Å². The van der Waals surface area contributed by atoms with Gasteiger partial charge < -0.3 is 0 Å². The van der Waals surface area contributed by atoms with Gasteiger partial charge in [0.2, 0.25) is 0 Å². The molecule has 0 bridgehead atoms. The molecule has 0 aliphatic heterocycles. The Labute approximate surface area is 68.8 Å². The van der Waals surface area contributed by atoms with Gasteiger partial charge in [-0.1, -0.05) is 17.7 Å². The van der Waals surface area contributed by atoms with Gasteiger partial charge >= 0.3 is 0 Å². The first-order valence-electron chi connectivity index (χ1n) is 3.15. The molecule has 0 saturated heterocycles. The highest BCUT2D eigenvalue weighted by Crippen LogP contribution is 2.25. The van der Waals surface area contributed by atoms with E-state index in [4.69, 9.17) is 11.6 Å². The number of rotatable bonds is 1. The third-order valence-corrected chi connectivity index (χ3v) is 1.71. The van der Waals surface area contributed by atoms with Crippen molar-refractivity contribution in [1.29, 1.82) is 0 Å². The van der Waals surface area contributed by atoms with Crippen molar-refractivity contribution in [1.82, 2.24) is 0 Å². The Morgan fingerprint density at radius 3 is 2.45 bits per heavy atom. The molecule has 0 spiro atoms. The summed E-state index contributed by atoms with van der Waals surface area (Å²) < 4.78 is 24.3. The Bertz CT molecular complexity index is 258. The van der Waals surface area contributed by atoms with Gasteiger partial charge in [-0.3, -0.25) is 0 Å². The minimum Gasteiger partial charge on any atom is -0.205 e. The lowest BCUT2D eigenvalue weighted by Crippen LogP contribution is -1.88. The smallest absolute Gasteiger partial charge is 0.205 e. The van der Waals surface area contributed by atoms with E-state index in [-0.39, 0.29) is 5.56 Å². The highest BCUT2D eigenvalue weighted by molar-refractivity contribution is 6.30. The Hall–Kier alpha value is -0.630. The van der Waals surface area contributed by atoms with Crippen LogP contribution in [0.2, 0.25) is 5.02 Å². The van der Waals surface area contributed by atoms with Gasteiger partial charge in [-0.15, -0.1) is 0 Å². The quantitative estimate of drug-likeness (QED) is 0.614. The number of hydrogen-bond donors (Lipinski definition) is 0. The average Bonchev–Trinajstić information content (AvgIpc) is 1.94. The van der Waals surface area contributed by atoms with E-state index < -0.39 is 6.43 Å². The zero-order valence-corrected chi connectivity index (χ0v) is 6.70. The third-order valence-electron chi connectivity index (χ3n) is 1.48. The molecule has 0 aliphatic carbocycles. The topological polar surface area (TPSA) is 0 Å². The van der Waals surface area contributed by atoms with Gasteiger partial charge in [0, 0.05) is 10.6 Å². The van der Waals surface area contributed by atoms with Crippen LogP contribution < -0.4 is 0 Å². The molecule has 0 amide bonds. The van der Waals surface area contributed by atoms with Crippen LogP contribution in [0.5, 0.6) is 0 Å². The molecule has 0 heterocycles. The molecule has 3 heteroatoms. The summed E-state index contributed by atoms with van der Waals surface area (Å²) in [6.07, 6.45) is -2.44. The molecule has 0 unspecified atom stereocenters. The van der Waals surface area contributed by atoms with Gasteiger partial charge in [0.05, 0.1) is 0 Å². The summed E-state index contributed by atoms with van der Waals surface area (Å²) in [6, 6.07) is 4.48. The first-order valence-corrected chi connectivity index (χ1v) is 3.53. The molecule has 1 aromatic carbocycles. The number of alkyl halides is 2. The summed E-state index contributed by atoms with van der Waals surface area (Å²) >= 11 is 5.53. The van der Waals surface area contributed by atoms with Crippen molar-refractivity contribution in [2.24, 2.45) is 0 Å². The fourth-order valence-corrected chi connectivity index (χ4v) is 1.03. The van der Waals surface area contributed by atoms with Gasteiger partial charge in [0.1, 0.15) is 0 Å². The minimum absolute atomic E-state index is 0.0116. The summed E-state index contributed by atoms with van der Waals surface area (Å²) in [7, 11) is 0. The second-order valence-corrected chi connectivity index (χ2v) is 2.74. The average molecular weight is 177 g/mol. The van der Waals surface area contributed by atoms with Crippen molar-refractivity contribution in [3.05, 3.63) is 34.3 Å². The number of halogens is 3. The molecule has 0 aliphatic rings. The normalized spacial score (nSPS) is 10.6. The van der Waals surface area contributed by atoms with Crippen LogP contribution in [0, 0.1) is 6.92 Å². The molecular weight excluding hydrogens is 170 g/mol. The molecule has 11 heavy (non-hydrogen) atoms. The fraction of sp³-hybridized carbons (Fsp3) is 0.250. The van der Waals surface area contributed by atoms with Crippen molar-refractivity contribution < 1.29 is 8.78 Å². The number of hydrogen-bond acceptors (Lipinski definition) is 0. The van der Waals surface area contributed by atoms with Crippen molar-refractivity contribution >= 4 is 11.6 Å². The number of benzene rings is 1. The lowest BCUT2D eigenvalue weighted by atomic mass is 10.1. The summed E-state index contributed by atoms with van der Waals surface area (Å²) in [5.41, 5.74) is 0.585. The maximum absolute atomic E-state index is 12.1. The van der Waals surface area contributed by atoms with Crippen LogP contribution in [-0.4, -0.2) is 0 Å². The maximum atomic E-state index is 12.1. The van der Waals surface area contributed by atoms with Crippen LogP contribution in [0.25, 0.3) is 0 Å². The fourth-order valence-electron chi connectivity index (χ4n) is 0.846. The van der Waals surface area contributed by atoms with E-state index in [1.807, 2.05) is 0 Å². The summed E-state index contributed by atoms with van der Waals surface area (Å²) in [4.78, 5) is 0. The monoisotopic (exact) mass is 176 g/mol. The molecule has 1 aromatic rings. The standard InChI is InChI=1S/C8H7ClF2/c1-5-2-3-6(9)4-7(5)8(10)11/h2-4,8H,1H3. The lowest BCUT2D eigenvalue weighted by molar-refractivity contribution is 0.150. The largest absolute Gasteiger partial charge is 0.264 e. The van der Waals surface area contributed by atoms with Crippen molar-refractivity contribution in [3.63, 3.8) is 0 Å². The third kappa shape index (κ3) is 1.90. The molecule has 1 rings (SSSR count). The van der Waals surface area contributed by atoms with Gasteiger partial charge in [-0.25, -0.2) is 8.78 Å². The second kappa shape index (κ2) is 3.18. The summed E-state index contributed by atoms with van der Waals surface area (Å²) in [5, 5.41) is 0.353. The van der Waals surface area contributed by atoms with Gasteiger partial charge in [0.25, 0.3) is 6.43 Å². The molecule has 0 radical (unpaired) electrons. The van der Waals surface area contributed by atoms with E-state index in [2.05, 4.69) is 0 Å². The van der Waals surface area contributed by atoms with E-state index in [1.54, 1.807) is 19.1 Å². The molecular formula is C8H7ClF2. The lowest BCUT2D eigenvalue weighted by Gasteiger charge is -2.03. The van der Waals surface area contributed by atoms with Gasteiger partial charge in [0.15, 0.2) is 0 Å². The summed E-state index contributed by atoms with van der Waals surface area (Å²) in [6.45, 7) is 1.64. The molecule has 0 saturated carbocycles. The van der Waals surface area contributed by atoms with E-state index in [0.29, 0.717) is 10.6 Å². The van der Waals surface area contributed by atoms with Crippen molar-refractivity contribution in [3.8, 4) is 0 Å². The zero-order chi connectivity index (χ0) is 8.43. The van der Waals surface area contributed by atoms with Gasteiger partial charge in [-0.05, 0) is 24.6 Å². The minimum atomic E-state index is -2.44. The Balaban J connectivity index is 3.13. The highest BCUT2D eigenvalue weighted by atomic mass is 35.5. The predicted molar refractivity (Wildman–Crippen MR) is 41.1 cm³/mol. The number of aryl methyl sites for hydroxylation is 1. The van der Waals surface area contributed by atoms with Crippen LogP contribution in [0.4, 0.5) is 8.78 Å². The van der Waals surface area contributed by atoms with E-state index in [9.17, 15) is 8.78 Å². The molecule has 0 atom stereocenters. The Kier molecular flexibility index (Phi) is 2.45. The van der Waals surface area contributed by atoms with Crippen LogP contribution in [0.1, 0.15) is 17.6 Å². The van der Waals surface area contributed by atoms with Crippen LogP contribution in [-0.2, 0) is 0 Å². The Morgan fingerprint density at radius 1 is 1.36 bits per heavy atom. The van der Waals surface area contributed by atoms with E-state index >= 15 is 0 Å². The van der Waals surface area contributed by atoms with Crippen LogP contribution >= 0.6 is 11.6 Å². The zero-order valence-electron chi connectivity index (χ0n) is 5.94. The predicted octanol–water partition coefficient (Wildman–Crippen LogP) is 3.59. The maximum Gasteiger partial charge on any atom is 0.264 e. The molecule has 0 N–H and O–H groups in total. The second-order valence-electron chi connectivity index (χ2n) is 2.30. The van der Waals surface area contributed by atoms with Crippen LogP contribution in [0.15, 0.2) is 18.2 Å². The SMILES string of the molecule is Cc1ccc(Cl)cc1C(F)F. The van der Waals surface area contributed by atoms with Crippen LogP contribution in [0.3, 0.4) is 0 Å². The highest BCUT2D eigenvalue weighted by Gasteiger charge is 2.09. The summed E-state index contributed by atoms with van der Waals surface area (Å²) in [5.74, 6) is 0. The molecule has 0 fully saturated rings. The first kappa shape index (κ1) is 8.47. The molecule has 0 aromatic heterocycles. The Morgan fingerprint density at radius 2 is 2.00 bits per heavy atom. The van der Waals surface area contributed by atoms with Crippen molar-refractivity contribution in [2.75, 3.05) is 0 Å². The molecule has 60 valence electrons. The van der Waals surface area contributed by atoms with E-state index in [1.165, 1.54) is 6.07 Å². The van der Waals surface area contributed by atoms with E-state index in [0.717, 1.165) is 0 Å². The molecule has 0 nitrogen and oxygen atoms in total. The van der Waals surface area contributed by atoms with Gasteiger partial charge in [-0.2, -0.15) is 0 Å². The first-order chi connectivity index (χ1) is 5.11.